The molecule has 4 aromatic carbocycles. The van der Waals surface area contributed by atoms with Gasteiger partial charge in [-0.3, -0.25) is 24.1 Å². The molecule has 3 aromatic heterocycles. The fourth-order valence-electron chi connectivity index (χ4n) is 5.91. The summed E-state index contributed by atoms with van der Waals surface area (Å²) in [6.07, 6.45) is 0. The van der Waals surface area contributed by atoms with E-state index in [0.717, 1.165) is 16.2 Å². The molecule has 2 amide bonds. The zero-order valence-electron chi connectivity index (χ0n) is 29.0. The Labute approximate surface area is 344 Å². The Balaban J connectivity index is 0.000000149. The fraction of sp³-hybridized carbons (Fsp3) is 0.0976. The van der Waals surface area contributed by atoms with Crippen molar-refractivity contribution in [2.45, 2.75) is 26.8 Å². The van der Waals surface area contributed by atoms with Gasteiger partial charge >= 0.3 is 0 Å². The predicted molar refractivity (Wildman–Crippen MR) is 221 cm³/mol. The number of rotatable bonds is 4. The van der Waals surface area contributed by atoms with Crippen molar-refractivity contribution in [1.82, 2.24) is 19.9 Å². The van der Waals surface area contributed by atoms with Crippen molar-refractivity contribution < 1.29 is 19.2 Å². The second-order valence-corrected chi connectivity index (χ2v) is 14.6. The Kier molecular flexibility index (Phi) is 12.1. The van der Waals surface area contributed by atoms with Gasteiger partial charge in [0.1, 0.15) is 15.5 Å². The number of pyridine rings is 3. The van der Waals surface area contributed by atoms with E-state index in [-0.39, 0.29) is 38.8 Å². The van der Waals surface area contributed by atoms with Gasteiger partial charge in [-0.05, 0) is 87.5 Å². The average molecular weight is 851 g/mol. The molecule has 0 N–H and O–H groups in total. The molecule has 14 heteroatoms. The van der Waals surface area contributed by atoms with E-state index >= 15 is 0 Å². The molecule has 0 fully saturated rings. The Morgan fingerprint density at radius 2 is 0.891 bits per heavy atom. The molecule has 0 spiro atoms. The second-order valence-electron chi connectivity index (χ2n) is 12.3. The standard InChI is InChI=1S/C19H12Cl2N2O2.2C11H7Cl2NO/c1-10(23-18(24)11-5-2-3-6-12(11)19(23)25)13-9-14-15(20)7-4-8-16(14)22-17(13)21;2*1-6(15)7-5-8-9(12)3-2-4-10(8)14-11(7)13/h2-10H,1H3;2*2-5H,1H3. The number of carbonyl (C=O) groups excluding carboxylic acids is 4. The van der Waals surface area contributed by atoms with Crippen LogP contribution in [-0.2, 0) is 0 Å². The van der Waals surface area contributed by atoms with Crippen molar-refractivity contribution in [3.63, 3.8) is 0 Å². The Bertz CT molecular complexity index is 2590. The lowest BCUT2D eigenvalue weighted by molar-refractivity contribution is 0.0594. The molecular formula is C41H26Cl6N4O4. The Morgan fingerprint density at radius 1 is 0.527 bits per heavy atom. The third kappa shape index (κ3) is 8.17. The average Bonchev–Trinajstić information content (AvgIpc) is 3.40. The van der Waals surface area contributed by atoms with Gasteiger partial charge in [-0.15, -0.1) is 0 Å². The summed E-state index contributed by atoms with van der Waals surface area (Å²) in [4.78, 5) is 61.7. The van der Waals surface area contributed by atoms with Crippen LogP contribution in [0.2, 0.25) is 30.5 Å². The molecule has 1 atom stereocenters. The number of hydrogen-bond acceptors (Lipinski definition) is 7. The van der Waals surface area contributed by atoms with Crippen LogP contribution in [-0.4, -0.2) is 43.2 Å². The number of amides is 2. The molecular weight excluding hydrogens is 825 g/mol. The normalized spacial score (nSPS) is 12.6. The first-order valence-corrected chi connectivity index (χ1v) is 18.7. The number of Topliss-reactive ketones (excluding diaryl/α,β-unsaturated/α-hetero) is 2. The number of ketones is 2. The highest BCUT2D eigenvalue weighted by Crippen LogP contribution is 2.36. The van der Waals surface area contributed by atoms with Crippen molar-refractivity contribution in [3.8, 4) is 0 Å². The number of halogens is 6. The number of imide groups is 1. The summed E-state index contributed by atoms with van der Waals surface area (Å²) in [5.74, 6) is -0.893. The van der Waals surface area contributed by atoms with Crippen molar-refractivity contribution in [2.75, 3.05) is 0 Å². The van der Waals surface area contributed by atoms with E-state index in [4.69, 9.17) is 69.6 Å². The van der Waals surface area contributed by atoms with E-state index in [1.54, 1.807) is 97.9 Å². The highest BCUT2D eigenvalue weighted by molar-refractivity contribution is 6.38. The van der Waals surface area contributed by atoms with Gasteiger partial charge in [-0.2, -0.15) is 0 Å². The third-order valence-corrected chi connectivity index (χ3v) is 10.6. The molecule has 0 saturated carbocycles. The summed E-state index contributed by atoms with van der Waals surface area (Å²) >= 11 is 36.3. The first kappa shape index (κ1) is 40.0. The molecule has 0 bridgehead atoms. The number of benzene rings is 4. The van der Waals surface area contributed by atoms with Crippen LogP contribution in [0, 0.1) is 0 Å². The number of nitrogens with zero attached hydrogens (tertiary/aromatic N) is 4. The van der Waals surface area contributed by atoms with E-state index < -0.39 is 6.04 Å². The van der Waals surface area contributed by atoms with E-state index in [0.29, 0.717) is 59.4 Å². The Hall–Kier alpha value is -4.67. The summed E-state index contributed by atoms with van der Waals surface area (Å²) in [5.41, 5.74) is 4.24. The van der Waals surface area contributed by atoms with Gasteiger partial charge in [0.15, 0.2) is 11.6 Å². The van der Waals surface area contributed by atoms with Gasteiger partial charge in [-0.25, -0.2) is 15.0 Å². The van der Waals surface area contributed by atoms with Crippen LogP contribution in [0.3, 0.4) is 0 Å². The third-order valence-electron chi connectivity index (χ3n) is 8.73. The minimum atomic E-state index is -0.562. The summed E-state index contributed by atoms with van der Waals surface area (Å²) in [6, 6.07) is 27.4. The molecule has 4 heterocycles. The van der Waals surface area contributed by atoms with Gasteiger partial charge in [0.05, 0.1) is 44.8 Å². The quantitative estimate of drug-likeness (QED) is 0.0985. The highest BCUT2D eigenvalue weighted by Gasteiger charge is 2.39. The zero-order valence-corrected chi connectivity index (χ0v) is 33.5. The maximum atomic E-state index is 12.7. The van der Waals surface area contributed by atoms with Crippen molar-refractivity contribution >= 4 is 126 Å². The molecule has 1 unspecified atom stereocenters. The minimum Gasteiger partial charge on any atom is -0.294 e. The van der Waals surface area contributed by atoms with Crippen LogP contribution in [0.25, 0.3) is 32.7 Å². The lowest BCUT2D eigenvalue weighted by Crippen LogP contribution is -2.32. The van der Waals surface area contributed by atoms with Crippen LogP contribution >= 0.6 is 69.6 Å². The summed E-state index contributed by atoms with van der Waals surface area (Å²) in [5, 5.41) is 4.58. The molecule has 1 aliphatic heterocycles. The maximum absolute atomic E-state index is 12.7. The van der Waals surface area contributed by atoms with E-state index in [1.165, 1.54) is 18.7 Å². The van der Waals surface area contributed by atoms with Crippen LogP contribution < -0.4 is 0 Å². The fourth-order valence-corrected chi connectivity index (χ4v) is 7.44. The molecule has 0 aliphatic carbocycles. The molecule has 1 aliphatic rings. The molecule has 55 heavy (non-hydrogen) atoms. The minimum absolute atomic E-state index is 0.116. The molecule has 0 radical (unpaired) electrons. The Morgan fingerprint density at radius 3 is 1.27 bits per heavy atom. The number of carbonyl (C=O) groups is 4. The topological polar surface area (TPSA) is 110 Å². The first-order valence-electron chi connectivity index (χ1n) is 16.4. The van der Waals surface area contributed by atoms with Gasteiger partial charge in [0.2, 0.25) is 0 Å². The SMILES string of the molecule is CC(=O)c1cc2c(Cl)cccc2nc1Cl.CC(=O)c1cc2c(Cl)cccc2nc1Cl.CC(c1cc2c(Cl)cccc2nc1Cl)N1C(=O)c2ccccc2C1=O. The van der Waals surface area contributed by atoms with Crippen LogP contribution in [0.15, 0.2) is 97.1 Å². The lowest BCUT2D eigenvalue weighted by atomic mass is 10.1. The zero-order chi connectivity index (χ0) is 39.7. The molecule has 8 rings (SSSR count). The predicted octanol–water partition coefficient (Wildman–Crippen LogP) is 12.4. The number of fused-ring (bicyclic) bond motifs is 4. The maximum Gasteiger partial charge on any atom is 0.262 e. The van der Waals surface area contributed by atoms with Crippen LogP contribution in [0.5, 0.6) is 0 Å². The smallest absolute Gasteiger partial charge is 0.262 e. The van der Waals surface area contributed by atoms with Crippen molar-refractivity contribution in [1.29, 1.82) is 0 Å². The first-order chi connectivity index (χ1) is 26.2. The van der Waals surface area contributed by atoms with Crippen LogP contribution in [0.4, 0.5) is 0 Å². The highest BCUT2D eigenvalue weighted by atomic mass is 35.5. The van der Waals surface area contributed by atoms with Gasteiger partial charge < -0.3 is 0 Å². The van der Waals surface area contributed by atoms with Crippen LogP contribution in [0.1, 0.15) is 73.8 Å². The summed E-state index contributed by atoms with van der Waals surface area (Å²) < 4.78 is 0. The summed E-state index contributed by atoms with van der Waals surface area (Å²) in [6.45, 7) is 4.66. The lowest BCUT2D eigenvalue weighted by Gasteiger charge is -2.23. The van der Waals surface area contributed by atoms with Gasteiger partial charge in [-0.1, -0.05) is 99.9 Å². The number of aromatic nitrogens is 3. The van der Waals surface area contributed by atoms with Crippen molar-refractivity contribution in [3.05, 3.63) is 155 Å². The largest absolute Gasteiger partial charge is 0.294 e. The molecule has 8 nitrogen and oxygen atoms in total. The van der Waals surface area contributed by atoms with E-state index in [1.807, 2.05) is 6.07 Å². The second kappa shape index (κ2) is 16.6. The van der Waals surface area contributed by atoms with Crippen molar-refractivity contribution in [2.24, 2.45) is 0 Å². The molecule has 7 aromatic rings. The monoisotopic (exact) mass is 848 g/mol. The van der Waals surface area contributed by atoms with E-state index in [9.17, 15) is 19.2 Å². The van der Waals surface area contributed by atoms with E-state index in [2.05, 4.69) is 15.0 Å². The summed E-state index contributed by atoms with van der Waals surface area (Å²) in [7, 11) is 0. The molecule has 276 valence electrons. The van der Waals surface area contributed by atoms with Gasteiger partial charge in [0, 0.05) is 36.8 Å². The van der Waals surface area contributed by atoms with Gasteiger partial charge in [0.25, 0.3) is 11.8 Å². The number of hydrogen-bond donors (Lipinski definition) is 0. The molecule has 0 saturated heterocycles.